The smallest absolute Gasteiger partial charge is 0.224 e. The van der Waals surface area contributed by atoms with E-state index in [1.807, 2.05) is 19.1 Å². The highest BCUT2D eigenvalue weighted by Crippen LogP contribution is 2.16. The van der Waals surface area contributed by atoms with Crippen molar-refractivity contribution in [2.24, 2.45) is 0 Å². The summed E-state index contributed by atoms with van der Waals surface area (Å²) >= 11 is 0. The molecule has 0 aromatic heterocycles. The van der Waals surface area contributed by atoms with E-state index >= 15 is 0 Å². The molecular weight excluding hydrogens is 204 g/mol. The van der Waals surface area contributed by atoms with E-state index in [2.05, 4.69) is 5.32 Å². The third kappa shape index (κ3) is 4.31. The van der Waals surface area contributed by atoms with Crippen LogP contribution in [-0.4, -0.2) is 19.1 Å². The highest BCUT2D eigenvalue weighted by atomic mass is 16.5. The van der Waals surface area contributed by atoms with Gasteiger partial charge in [0.1, 0.15) is 0 Å². The van der Waals surface area contributed by atoms with Crippen molar-refractivity contribution in [3.05, 3.63) is 24.3 Å². The van der Waals surface area contributed by atoms with E-state index in [-0.39, 0.29) is 5.91 Å². The molecule has 0 aliphatic rings. The molecule has 4 nitrogen and oxygen atoms in total. The van der Waals surface area contributed by atoms with Crippen molar-refractivity contribution in [1.82, 2.24) is 0 Å². The van der Waals surface area contributed by atoms with Crippen molar-refractivity contribution in [3.63, 3.8) is 0 Å². The highest BCUT2D eigenvalue weighted by Gasteiger charge is 2.03. The van der Waals surface area contributed by atoms with Crippen LogP contribution in [0.5, 0.6) is 0 Å². The van der Waals surface area contributed by atoms with Gasteiger partial charge in [-0.05, 0) is 25.5 Å². The summed E-state index contributed by atoms with van der Waals surface area (Å²) in [6.07, 6.45) is 1.18. The van der Waals surface area contributed by atoms with Gasteiger partial charge in [0.2, 0.25) is 5.91 Å². The van der Waals surface area contributed by atoms with Crippen LogP contribution in [0.15, 0.2) is 24.3 Å². The number of carbonyl (C=O) groups excluding carboxylic acids is 1. The van der Waals surface area contributed by atoms with Gasteiger partial charge in [-0.3, -0.25) is 4.79 Å². The van der Waals surface area contributed by atoms with Crippen molar-refractivity contribution in [3.8, 4) is 0 Å². The maximum Gasteiger partial charge on any atom is 0.224 e. The molecule has 1 rings (SSSR count). The molecule has 0 fully saturated rings. The number of rotatable bonds is 6. The Balaban J connectivity index is 2.32. The second kappa shape index (κ2) is 6.85. The molecule has 3 N–H and O–H groups in total. The monoisotopic (exact) mass is 222 g/mol. The first kappa shape index (κ1) is 12.5. The molecule has 0 saturated carbocycles. The molecule has 0 heterocycles. The Morgan fingerprint density at radius 3 is 2.88 bits per heavy atom. The summed E-state index contributed by atoms with van der Waals surface area (Å²) in [6, 6.07) is 7.22. The van der Waals surface area contributed by atoms with Gasteiger partial charge < -0.3 is 15.8 Å². The number of para-hydroxylation sites is 2. The van der Waals surface area contributed by atoms with Crippen molar-refractivity contribution >= 4 is 17.3 Å². The van der Waals surface area contributed by atoms with Crippen molar-refractivity contribution in [2.75, 3.05) is 24.3 Å². The van der Waals surface area contributed by atoms with Crippen LogP contribution in [0.1, 0.15) is 19.8 Å². The third-order valence-corrected chi connectivity index (χ3v) is 2.13. The molecule has 0 atom stereocenters. The minimum Gasteiger partial charge on any atom is -0.397 e. The summed E-state index contributed by atoms with van der Waals surface area (Å²) in [5.41, 5.74) is 6.96. The molecule has 0 aliphatic carbocycles. The molecule has 0 radical (unpaired) electrons. The quantitative estimate of drug-likeness (QED) is 0.571. The average Bonchev–Trinajstić information content (AvgIpc) is 2.28. The standard InChI is InChI=1S/C12H18N2O2/c1-2-16-9-5-8-12(15)14-11-7-4-3-6-10(11)13/h3-4,6-7H,2,5,8-9,13H2,1H3,(H,14,15). The van der Waals surface area contributed by atoms with E-state index in [1.165, 1.54) is 0 Å². The topological polar surface area (TPSA) is 64.3 Å². The summed E-state index contributed by atoms with van der Waals surface area (Å²) in [5, 5.41) is 2.77. The van der Waals surface area contributed by atoms with Crippen LogP contribution in [0.25, 0.3) is 0 Å². The molecule has 0 aliphatic heterocycles. The van der Waals surface area contributed by atoms with E-state index in [4.69, 9.17) is 10.5 Å². The van der Waals surface area contributed by atoms with E-state index in [9.17, 15) is 4.79 Å². The number of nitrogens with one attached hydrogen (secondary N) is 1. The van der Waals surface area contributed by atoms with Gasteiger partial charge in [-0.1, -0.05) is 12.1 Å². The zero-order valence-corrected chi connectivity index (χ0v) is 9.53. The predicted molar refractivity (Wildman–Crippen MR) is 65.2 cm³/mol. The van der Waals surface area contributed by atoms with Crippen LogP contribution in [0.2, 0.25) is 0 Å². The normalized spacial score (nSPS) is 10.1. The van der Waals surface area contributed by atoms with E-state index < -0.39 is 0 Å². The van der Waals surface area contributed by atoms with Crippen molar-refractivity contribution in [1.29, 1.82) is 0 Å². The summed E-state index contributed by atoms with van der Waals surface area (Å²) in [4.78, 5) is 11.5. The van der Waals surface area contributed by atoms with Gasteiger partial charge in [-0.15, -0.1) is 0 Å². The number of anilines is 2. The van der Waals surface area contributed by atoms with Crippen LogP contribution in [0.4, 0.5) is 11.4 Å². The summed E-state index contributed by atoms with van der Waals surface area (Å²) in [5.74, 6) is -0.0300. The molecule has 1 amide bonds. The zero-order chi connectivity index (χ0) is 11.8. The molecule has 16 heavy (non-hydrogen) atoms. The molecule has 0 saturated heterocycles. The van der Waals surface area contributed by atoms with Gasteiger partial charge in [0.25, 0.3) is 0 Å². The molecule has 4 heteroatoms. The molecule has 0 spiro atoms. The number of hydrogen-bond donors (Lipinski definition) is 2. The lowest BCUT2D eigenvalue weighted by Gasteiger charge is -2.07. The van der Waals surface area contributed by atoms with Crippen molar-refractivity contribution in [2.45, 2.75) is 19.8 Å². The van der Waals surface area contributed by atoms with Crippen LogP contribution in [-0.2, 0) is 9.53 Å². The first-order chi connectivity index (χ1) is 7.74. The molecule has 1 aromatic rings. The lowest BCUT2D eigenvalue weighted by atomic mass is 10.2. The van der Waals surface area contributed by atoms with Crippen LogP contribution in [0.3, 0.4) is 0 Å². The maximum absolute atomic E-state index is 11.5. The van der Waals surface area contributed by atoms with Gasteiger partial charge >= 0.3 is 0 Å². The minimum atomic E-state index is -0.0300. The van der Waals surface area contributed by atoms with E-state index in [1.54, 1.807) is 12.1 Å². The van der Waals surface area contributed by atoms with Gasteiger partial charge in [0.05, 0.1) is 11.4 Å². The van der Waals surface area contributed by atoms with Gasteiger partial charge in [0, 0.05) is 19.6 Å². The fourth-order valence-electron chi connectivity index (χ4n) is 1.30. The first-order valence-electron chi connectivity index (χ1n) is 5.46. The Kier molecular flexibility index (Phi) is 5.36. The lowest BCUT2D eigenvalue weighted by Crippen LogP contribution is -2.13. The number of nitrogens with two attached hydrogens (primary N) is 1. The first-order valence-corrected chi connectivity index (χ1v) is 5.46. The van der Waals surface area contributed by atoms with Crippen LogP contribution >= 0.6 is 0 Å². The predicted octanol–water partition coefficient (Wildman–Crippen LogP) is 2.02. The average molecular weight is 222 g/mol. The molecule has 0 unspecified atom stereocenters. The minimum absolute atomic E-state index is 0.0300. The summed E-state index contributed by atoms with van der Waals surface area (Å²) < 4.78 is 5.15. The van der Waals surface area contributed by atoms with E-state index in [0.717, 1.165) is 6.42 Å². The number of ether oxygens (including phenoxy) is 1. The Hall–Kier alpha value is -1.55. The van der Waals surface area contributed by atoms with Crippen LogP contribution < -0.4 is 11.1 Å². The SMILES string of the molecule is CCOCCCC(=O)Nc1ccccc1N. The van der Waals surface area contributed by atoms with Gasteiger partial charge in [-0.2, -0.15) is 0 Å². The maximum atomic E-state index is 11.5. The molecular formula is C12H18N2O2. The fourth-order valence-corrected chi connectivity index (χ4v) is 1.30. The summed E-state index contributed by atoms with van der Waals surface area (Å²) in [7, 11) is 0. The highest BCUT2D eigenvalue weighted by molar-refractivity contribution is 5.93. The second-order valence-corrected chi connectivity index (χ2v) is 3.44. The number of hydrogen-bond acceptors (Lipinski definition) is 3. The second-order valence-electron chi connectivity index (χ2n) is 3.44. The van der Waals surface area contributed by atoms with Gasteiger partial charge in [0.15, 0.2) is 0 Å². The summed E-state index contributed by atoms with van der Waals surface area (Å²) in [6.45, 7) is 3.24. The van der Waals surface area contributed by atoms with E-state index in [0.29, 0.717) is 31.0 Å². The third-order valence-electron chi connectivity index (χ3n) is 2.13. The molecule has 88 valence electrons. The zero-order valence-electron chi connectivity index (χ0n) is 9.53. The Morgan fingerprint density at radius 2 is 2.19 bits per heavy atom. The fraction of sp³-hybridized carbons (Fsp3) is 0.417. The van der Waals surface area contributed by atoms with Crippen molar-refractivity contribution < 1.29 is 9.53 Å². The Labute approximate surface area is 95.8 Å². The number of amides is 1. The number of nitrogen functional groups attached to an aromatic ring is 1. The largest absolute Gasteiger partial charge is 0.397 e. The Morgan fingerprint density at radius 1 is 1.44 bits per heavy atom. The number of carbonyl (C=O) groups is 1. The number of benzene rings is 1. The van der Waals surface area contributed by atoms with Crippen LogP contribution in [0, 0.1) is 0 Å². The lowest BCUT2D eigenvalue weighted by molar-refractivity contribution is -0.116. The molecule has 0 bridgehead atoms. The molecule has 1 aromatic carbocycles. The Bertz CT molecular complexity index is 340. The van der Waals surface area contributed by atoms with Gasteiger partial charge in [-0.25, -0.2) is 0 Å².